The van der Waals surface area contributed by atoms with Gasteiger partial charge in [-0.25, -0.2) is 9.78 Å². The molecule has 0 bridgehead atoms. The quantitative estimate of drug-likeness (QED) is 0.736. The number of nitrogens with two attached hydrogens (primary N) is 1. The zero-order valence-electron chi connectivity index (χ0n) is 14.9. The number of hydrogen-bond donors (Lipinski definition) is 2. The Hall–Kier alpha value is -3.48. The molecule has 140 valence electrons. The fourth-order valence-corrected chi connectivity index (χ4v) is 2.53. The molecular formula is C20H21N3O4. The first-order valence-corrected chi connectivity index (χ1v) is 8.47. The number of carbonyl (C=O) groups is 1. The van der Waals surface area contributed by atoms with Gasteiger partial charge in [0.15, 0.2) is 17.6 Å². The monoisotopic (exact) mass is 367 g/mol. The Bertz CT molecular complexity index is 916. The predicted octanol–water partition coefficient (Wildman–Crippen LogP) is 3.00. The molecule has 1 fully saturated rings. The number of para-hydroxylation sites is 3. The van der Waals surface area contributed by atoms with Gasteiger partial charge in [0.1, 0.15) is 12.4 Å². The number of pyridine rings is 1. The number of benzene rings is 2. The van der Waals surface area contributed by atoms with Crippen molar-refractivity contribution in [3.05, 3.63) is 60.7 Å². The largest absolute Gasteiger partial charge is 0.493 e. The van der Waals surface area contributed by atoms with E-state index in [4.69, 9.17) is 19.9 Å². The number of hydrogen-bond acceptors (Lipinski definition) is 6. The van der Waals surface area contributed by atoms with Crippen LogP contribution < -0.4 is 20.5 Å². The fourth-order valence-electron chi connectivity index (χ4n) is 2.53. The zero-order valence-corrected chi connectivity index (χ0v) is 14.9. The van der Waals surface area contributed by atoms with Crippen molar-refractivity contribution >= 4 is 22.8 Å². The minimum atomic E-state index is -0.395. The molecule has 4 rings (SSSR count). The van der Waals surface area contributed by atoms with Crippen LogP contribution in [0.5, 0.6) is 11.5 Å². The van der Waals surface area contributed by atoms with E-state index in [-0.39, 0.29) is 6.10 Å². The molecule has 3 aromatic rings. The van der Waals surface area contributed by atoms with Gasteiger partial charge in [-0.2, -0.15) is 0 Å². The molecule has 1 unspecified atom stereocenters. The van der Waals surface area contributed by atoms with Crippen LogP contribution in [0.3, 0.4) is 0 Å². The molecule has 2 heterocycles. The molecule has 1 aromatic heterocycles. The highest BCUT2D eigenvalue weighted by atomic mass is 16.6. The van der Waals surface area contributed by atoms with Crippen LogP contribution in [-0.4, -0.2) is 37.4 Å². The molecule has 0 spiro atoms. The Morgan fingerprint density at radius 1 is 1.11 bits per heavy atom. The van der Waals surface area contributed by atoms with Gasteiger partial charge in [0.2, 0.25) is 0 Å². The maximum absolute atomic E-state index is 10.8. The number of carbonyl (C=O) groups excluding carboxylic acids is 1. The van der Waals surface area contributed by atoms with E-state index in [0.29, 0.717) is 30.5 Å². The number of alkyl carbamates (subject to hydrolysis) is 1. The maximum atomic E-state index is 10.8. The van der Waals surface area contributed by atoms with Gasteiger partial charge in [0, 0.05) is 5.39 Å². The smallest absolute Gasteiger partial charge is 0.407 e. The van der Waals surface area contributed by atoms with Crippen LogP contribution in [0.25, 0.3) is 10.9 Å². The molecule has 0 aliphatic carbocycles. The van der Waals surface area contributed by atoms with E-state index in [2.05, 4.69) is 10.3 Å². The standard InChI is InChI=1S/C11H13NO4.C9H8N2/c1-14-9-4-2-3-5-10(9)15-7-8-6-12-11(13)16-8;10-9-6-5-7-3-1-2-4-8(7)11-9/h2-5,8H,6-7H2,1H3,(H,12,13);1-6H,(H2,10,11). The average molecular weight is 367 g/mol. The first kappa shape index (κ1) is 18.3. The normalized spacial score (nSPS) is 15.3. The molecule has 3 N–H and O–H groups in total. The lowest BCUT2D eigenvalue weighted by Gasteiger charge is -2.12. The molecule has 1 saturated heterocycles. The van der Waals surface area contributed by atoms with E-state index < -0.39 is 6.09 Å². The third-order valence-electron chi connectivity index (χ3n) is 3.86. The molecule has 7 heteroatoms. The van der Waals surface area contributed by atoms with Gasteiger partial charge in [0.05, 0.1) is 19.2 Å². The molecule has 1 aliphatic heterocycles. The van der Waals surface area contributed by atoms with Gasteiger partial charge in [-0.3, -0.25) is 0 Å². The number of ether oxygens (including phenoxy) is 3. The SMILES string of the molecule is COc1ccccc1OCC1CNC(=O)O1.Nc1ccc2ccccc2n1. The lowest BCUT2D eigenvalue weighted by molar-refractivity contribution is 0.103. The van der Waals surface area contributed by atoms with Crippen molar-refractivity contribution in [3.63, 3.8) is 0 Å². The summed E-state index contributed by atoms with van der Waals surface area (Å²) in [5, 5.41) is 3.69. The van der Waals surface area contributed by atoms with Crippen LogP contribution in [0, 0.1) is 0 Å². The van der Waals surface area contributed by atoms with Crippen LogP contribution in [0.1, 0.15) is 0 Å². The van der Waals surface area contributed by atoms with E-state index in [1.54, 1.807) is 7.11 Å². The minimum Gasteiger partial charge on any atom is -0.493 e. The zero-order chi connectivity index (χ0) is 19.1. The Kier molecular flexibility index (Phi) is 5.94. The van der Waals surface area contributed by atoms with Crippen molar-refractivity contribution in [2.45, 2.75) is 6.10 Å². The molecule has 0 radical (unpaired) electrons. The third kappa shape index (κ3) is 5.01. The van der Waals surface area contributed by atoms with Crippen LogP contribution in [0.4, 0.5) is 10.6 Å². The Labute approximate surface area is 157 Å². The number of nitrogens with zero attached hydrogens (tertiary/aromatic N) is 1. The van der Waals surface area contributed by atoms with Crippen LogP contribution in [0.2, 0.25) is 0 Å². The first-order valence-electron chi connectivity index (χ1n) is 8.47. The lowest BCUT2D eigenvalue weighted by atomic mass is 10.2. The van der Waals surface area contributed by atoms with Gasteiger partial charge in [-0.05, 0) is 30.3 Å². The van der Waals surface area contributed by atoms with Crippen LogP contribution >= 0.6 is 0 Å². The van der Waals surface area contributed by atoms with Crippen molar-refractivity contribution in [2.75, 3.05) is 26.0 Å². The second-order valence-corrected chi connectivity index (χ2v) is 5.80. The van der Waals surface area contributed by atoms with E-state index in [0.717, 1.165) is 10.9 Å². The molecule has 2 aromatic carbocycles. The predicted molar refractivity (Wildman–Crippen MR) is 103 cm³/mol. The van der Waals surface area contributed by atoms with E-state index in [9.17, 15) is 4.79 Å². The molecule has 1 aliphatic rings. The van der Waals surface area contributed by atoms with E-state index in [1.807, 2.05) is 60.7 Å². The van der Waals surface area contributed by atoms with Crippen molar-refractivity contribution in [1.82, 2.24) is 10.3 Å². The summed E-state index contributed by atoms with van der Waals surface area (Å²) in [6.45, 7) is 0.799. The topological polar surface area (TPSA) is 95.7 Å². The highest BCUT2D eigenvalue weighted by Crippen LogP contribution is 2.26. The number of rotatable bonds is 4. The van der Waals surface area contributed by atoms with Crippen molar-refractivity contribution in [3.8, 4) is 11.5 Å². The Morgan fingerprint density at radius 2 is 1.85 bits per heavy atom. The number of cyclic esters (lactones) is 1. The summed E-state index contributed by atoms with van der Waals surface area (Å²) >= 11 is 0. The summed E-state index contributed by atoms with van der Waals surface area (Å²) in [6, 6.07) is 19.0. The molecule has 7 nitrogen and oxygen atoms in total. The summed E-state index contributed by atoms with van der Waals surface area (Å²) in [5.41, 5.74) is 6.46. The molecular weight excluding hydrogens is 346 g/mol. The number of fused-ring (bicyclic) bond motifs is 1. The number of amides is 1. The first-order chi connectivity index (χ1) is 13.2. The second kappa shape index (κ2) is 8.75. The Balaban J connectivity index is 0.000000166. The van der Waals surface area contributed by atoms with E-state index in [1.165, 1.54) is 0 Å². The summed E-state index contributed by atoms with van der Waals surface area (Å²) < 4.78 is 15.6. The van der Waals surface area contributed by atoms with Crippen molar-refractivity contribution < 1.29 is 19.0 Å². The highest BCUT2D eigenvalue weighted by Gasteiger charge is 2.23. The number of aromatic nitrogens is 1. The van der Waals surface area contributed by atoms with Gasteiger partial charge in [-0.15, -0.1) is 0 Å². The number of methoxy groups -OCH3 is 1. The molecule has 1 atom stereocenters. The average Bonchev–Trinajstić information content (AvgIpc) is 3.12. The van der Waals surface area contributed by atoms with Crippen molar-refractivity contribution in [2.24, 2.45) is 0 Å². The fraction of sp³-hybridized carbons (Fsp3) is 0.200. The van der Waals surface area contributed by atoms with E-state index >= 15 is 0 Å². The Morgan fingerprint density at radius 3 is 2.59 bits per heavy atom. The third-order valence-corrected chi connectivity index (χ3v) is 3.86. The van der Waals surface area contributed by atoms with Gasteiger partial charge >= 0.3 is 6.09 Å². The van der Waals surface area contributed by atoms with Gasteiger partial charge < -0.3 is 25.3 Å². The highest BCUT2D eigenvalue weighted by molar-refractivity contribution is 5.79. The second-order valence-electron chi connectivity index (χ2n) is 5.80. The number of nitrogen functional groups attached to an aromatic ring is 1. The maximum Gasteiger partial charge on any atom is 0.407 e. The summed E-state index contributed by atoms with van der Waals surface area (Å²) in [6.07, 6.45) is -0.633. The van der Waals surface area contributed by atoms with Crippen LogP contribution in [0.15, 0.2) is 60.7 Å². The van der Waals surface area contributed by atoms with Gasteiger partial charge in [-0.1, -0.05) is 30.3 Å². The van der Waals surface area contributed by atoms with Crippen LogP contribution in [-0.2, 0) is 4.74 Å². The molecule has 0 saturated carbocycles. The summed E-state index contributed by atoms with van der Waals surface area (Å²) in [7, 11) is 1.58. The van der Waals surface area contributed by atoms with Gasteiger partial charge in [0.25, 0.3) is 0 Å². The number of anilines is 1. The lowest BCUT2D eigenvalue weighted by Crippen LogP contribution is -2.22. The number of nitrogens with one attached hydrogen (secondary N) is 1. The molecule has 27 heavy (non-hydrogen) atoms. The minimum absolute atomic E-state index is 0.239. The van der Waals surface area contributed by atoms with Crippen molar-refractivity contribution in [1.29, 1.82) is 0 Å². The summed E-state index contributed by atoms with van der Waals surface area (Å²) in [4.78, 5) is 14.9. The summed E-state index contributed by atoms with van der Waals surface area (Å²) in [5.74, 6) is 1.89. The molecule has 1 amide bonds.